The quantitative estimate of drug-likeness (QED) is 0.636. The molecular formula is C11H17NO4S. The first-order chi connectivity index (χ1) is 7.89. The van der Waals surface area contributed by atoms with Crippen LogP contribution in [0.3, 0.4) is 0 Å². The molecule has 0 aliphatic rings. The number of rotatable bonds is 5. The fourth-order valence-electron chi connectivity index (χ4n) is 1.54. The van der Waals surface area contributed by atoms with Crippen LogP contribution >= 0.6 is 0 Å². The Hall–Kier alpha value is -0.950. The van der Waals surface area contributed by atoms with E-state index in [0.29, 0.717) is 0 Å². The van der Waals surface area contributed by atoms with Gasteiger partial charge in [-0.2, -0.15) is 0 Å². The van der Waals surface area contributed by atoms with Crippen molar-refractivity contribution in [2.45, 2.75) is 29.7 Å². The predicted molar refractivity (Wildman–Crippen MR) is 64.0 cm³/mol. The molecule has 0 saturated heterocycles. The molecule has 6 heteroatoms. The molecule has 96 valence electrons. The summed E-state index contributed by atoms with van der Waals surface area (Å²) in [6.07, 6.45) is -1.60. The summed E-state index contributed by atoms with van der Waals surface area (Å²) >= 11 is 0. The van der Waals surface area contributed by atoms with E-state index in [1.54, 1.807) is 12.1 Å². The zero-order chi connectivity index (χ0) is 13.1. The first kappa shape index (κ1) is 14.1. The normalized spacial score (nSPS) is 15.5. The summed E-state index contributed by atoms with van der Waals surface area (Å²) in [4.78, 5) is 0.103. The van der Waals surface area contributed by atoms with Crippen molar-refractivity contribution < 1.29 is 18.6 Å². The minimum Gasteiger partial charge on any atom is -0.396 e. The largest absolute Gasteiger partial charge is 0.396 e. The Morgan fingerprint density at radius 1 is 1.29 bits per heavy atom. The van der Waals surface area contributed by atoms with Crippen LogP contribution in [0.2, 0.25) is 0 Å². The van der Waals surface area contributed by atoms with Gasteiger partial charge in [-0.3, -0.25) is 0 Å². The Labute approximate surface area is 101 Å². The predicted octanol–water partition coefficient (Wildman–Crippen LogP) is -0.203. The van der Waals surface area contributed by atoms with Crippen LogP contribution < -0.4 is 5.73 Å². The van der Waals surface area contributed by atoms with Gasteiger partial charge < -0.3 is 15.9 Å². The molecule has 17 heavy (non-hydrogen) atoms. The van der Waals surface area contributed by atoms with Gasteiger partial charge >= 0.3 is 0 Å². The Morgan fingerprint density at radius 2 is 1.82 bits per heavy atom. The van der Waals surface area contributed by atoms with Crippen molar-refractivity contribution in [3.05, 3.63) is 29.8 Å². The number of sulfone groups is 1. The first-order valence-electron chi connectivity index (χ1n) is 5.24. The van der Waals surface area contributed by atoms with E-state index in [4.69, 9.17) is 10.8 Å². The Balaban J connectivity index is 3.12. The Kier molecular flexibility index (Phi) is 4.64. The van der Waals surface area contributed by atoms with Crippen LogP contribution in [-0.4, -0.2) is 36.7 Å². The van der Waals surface area contributed by atoms with E-state index in [1.165, 1.54) is 12.1 Å². The number of aliphatic hydroxyl groups excluding tert-OH is 2. The van der Waals surface area contributed by atoms with Gasteiger partial charge in [-0.25, -0.2) is 8.42 Å². The second kappa shape index (κ2) is 5.59. The summed E-state index contributed by atoms with van der Waals surface area (Å²) in [5, 5.41) is 16.9. The second-order valence-electron chi connectivity index (χ2n) is 3.90. The topological polar surface area (TPSA) is 101 Å². The summed E-state index contributed by atoms with van der Waals surface area (Å²) in [6.45, 7) is 1.50. The van der Waals surface area contributed by atoms with Gasteiger partial charge in [0.2, 0.25) is 0 Å². The number of hydrogen-bond donors (Lipinski definition) is 3. The maximum absolute atomic E-state index is 12.1. The number of benzene rings is 1. The number of aliphatic hydroxyl groups is 2. The van der Waals surface area contributed by atoms with Gasteiger partial charge in [0.05, 0.1) is 4.90 Å². The summed E-state index contributed by atoms with van der Waals surface area (Å²) in [7, 11) is -3.71. The van der Waals surface area contributed by atoms with Crippen molar-refractivity contribution in [3.63, 3.8) is 0 Å². The highest BCUT2D eigenvalue weighted by atomic mass is 32.2. The monoisotopic (exact) mass is 259 g/mol. The van der Waals surface area contributed by atoms with Gasteiger partial charge in [0.25, 0.3) is 0 Å². The first-order valence-corrected chi connectivity index (χ1v) is 6.79. The van der Waals surface area contributed by atoms with E-state index in [9.17, 15) is 13.5 Å². The number of aryl methyl sites for hydroxylation is 1. The van der Waals surface area contributed by atoms with Crippen molar-refractivity contribution in [1.29, 1.82) is 0 Å². The highest BCUT2D eigenvalue weighted by Crippen LogP contribution is 2.20. The molecular weight excluding hydrogens is 242 g/mol. The summed E-state index contributed by atoms with van der Waals surface area (Å²) in [5.74, 6) is 0. The molecule has 1 aromatic carbocycles. The Morgan fingerprint density at radius 3 is 2.24 bits per heavy atom. The van der Waals surface area contributed by atoms with Gasteiger partial charge in [0.15, 0.2) is 9.84 Å². The minimum absolute atomic E-state index is 0.0894. The smallest absolute Gasteiger partial charge is 0.185 e. The number of nitrogens with two attached hydrogens (primary N) is 1. The van der Waals surface area contributed by atoms with Crippen molar-refractivity contribution in [2.24, 2.45) is 5.73 Å². The molecule has 1 aromatic rings. The van der Waals surface area contributed by atoms with Crippen molar-refractivity contribution in [2.75, 3.05) is 6.61 Å². The fourth-order valence-corrected chi connectivity index (χ4v) is 3.19. The molecule has 0 spiro atoms. The molecule has 0 radical (unpaired) electrons. The summed E-state index contributed by atoms with van der Waals surface area (Å²) in [5.41, 5.74) is 6.18. The molecule has 0 amide bonds. The van der Waals surface area contributed by atoms with E-state index in [0.717, 1.165) is 5.56 Å². The van der Waals surface area contributed by atoms with Crippen LogP contribution in [0.4, 0.5) is 0 Å². The molecule has 4 N–H and O–H groups in total. The third-order valence-electron chi connectivity index (χ3n) is 2.54. The molecule has 0 heterocycles. The molecule has 5 nitrogen and oxygen atoms in total. The van der Waals surface area contributed by atoms with Gasteiger partial charge in [-0.05, 0) is 25.5 Å². The van der Waals surface area contributed by atoms with Crippen molar-refractivity contribution in [3.8, 4) is 0 Å². The fraction of sp³-hybridized carbons (Fsp3) is 0.455. The zero-order valence-electron chi connectivity index (χ0n) is 9.57. The van der Waals surface area contributed by atoms with Crippen LogP contribution in [-0.2, 0) is 9.84 Å². The van der Waals surface area contributed by atoms with Crippen LogP contribution in [0.5, 0.6) is 0 Å². The van der Waals surface area contributed by atoms with Gasteiger partial charge in [-0.1, -0.05) is 17.7 Å². The van der Waals surface area contributed by atoms with Crippen LogP contribution in [0.25, 0.3) is 0 Å². The van der Waals surface area contributed by atoms with E-state index in [-0.39, 0.29) is 17.9 Å². The molecule has 2 atom stereocenters. The van der Waals surface area contributed by atoms with E-state index in [2.05, 4.69) is 0 Å². The molecule has 0 aliphatic heterocycles. The molecule has 0 fully saturated rings. The van der Waals surface area contributed by atoms with Crippen molar-refractivity contribution >= 4 is 9.84 Å². The summed E-state index contributed by atoms with van der Waals surface area (Å²) < 4.78 is 24.2. The van der Waals surface area contributed by atoms with Gasteiger partial charge in [0.1, 0.15) is 11.5 Å². The van der Waals surface area contributed by atoms with Crippen molar-refractivity contribution in [1.82, 2.24) is 0 Å². The number of hydrogen-bond acceptors (Lipinski definition) is 5. The van der Waals surface area contributed by atoms with Crippen LogP contribution in [0.1, 0.15) is 12.0 Å². The third kappa shape index (κ3) is 3.26. The van der Waals surface area contributed by atoms with Gasteiger partial charge in [-0.15, -0.1) is 0 Å². The lowest BCUT2D eigenvalue weighted by Crippen LogP contribution is -2.41. The minimum atomic E-state index is -3.71. The highest BCUT2D eigenvalue weighted by Gasteiger charge is 2.31. The molecule has 0 aromatic heterocycles. The Bertz CT molecular complexity index is 453. The van der Waals surface area contributed by atoms with Gasteiger partial charge in [0, 0.05) is 6.61 Å². The lowest BCUT2D eigenvalue weighted by atomic mass is 10.2. The second-order valence-corrected chi connectivity index (χ2v) is 6.07. The van der Waals surface area contributed by atoms with E-state index < -0.39 is 21.3 Å². The van der Waals surface area contributed by atoms with E-state index >= 15 is 0 Å². The van der Waals surface area contributed by atoms with Crippen LogP contribution in [0.15, 0.2) is 29.2 Å². The molecule has 2 unspecified atom stereocenters. The maximum Gasteiger partial charge on any atom is 0.185 e. The standard InChI is InChI=1S/C11H17NO4S/c1-8-2-4-9(5-3-8)17(15,16)10(6-7-13)11(12)14/h2-5,10-11,13-14H,6-7,12H2,1H3. The molecule has 0 aliphatic carbocycles. The summed E-state index contributed by atoms with van der Waals surface area (Å²) in [6, 6.07) is 6.28. The molecule has 0 bridgehead atoms. The maximum atomic E-state index is 12.1. The SMILES string of the molecule is Cc1ccc(S(=O)(=O)C(CCO)C(N)O)cc1. The lowest BCUT2D eigenvalue weighted by molar-refractivity contribution is 0.159. The highest BCUT2D eigenvalue weighted by molar-refractivity contribution is 7.92. The molecule has 0 saturated carbocycles. The average molecular weight is 259 g/mol. The molecule has 1 rings (SSSR count). The average Bonchev–Trinajstić information content (AvgIpc) is 2.25. The third-order valence-corrected chi connectivity index (χ3v) is 4.78. The zero-order valence-corrected chi connectivity index (χ0v) is 10.4. The lowest BCUT2D eigenvalue weighted by Gasteiger charge is -2.19. The van der Waals surface area contributed by atoms with Crippen LogP contribution in [0, 0.1) is 6.92 Å². The van der Waals surface area contributed by atoms with E-state index in [1.807, 2.05) is 6.92 Å².